The Kier molecular flexibility index (Phi) is 6.69. The maximum Gasteiger partial charge on any atom is 0.338 e. The normalized spacial score (nSPS) is 15.8. The smallest absolute Gasteiger partial charge is 0.338 e. The maximum atomic E-state index is 13.4. The van der Waals surface area contributed by atoms with E-state index in [1.807, 2.05) is 0 Å². The second kappa shape index (κ2) is 9.84. The predicted molar refractivity (Wildman–Crippen MR) is 127 cm³/mol. The van der Waals surface area contributed by atoms with E-state index in [0.29, 0.717) is 14.8 Å². The van der Waals surface area contributed by atoms with Crippen molar-refractivity contribution in [3.63, 3.8) is 0 Å². The highest BCUT2D eigenvalue weighted by atomic mass is 32.1. The van der Waals surface area contributed by atoms with Crippen LogP contribution in [0.1, 0.15) is 30.9 Å². The van der Waals surface area contributed by atoms with Crippen LogP contribution < -0.4 is 20.5 Å². The molecule has 3 aromatic rings. The highest BCUT2D eigenvalue weighted by Gasteiger charge is 2.39. The second-order valence-electron chi connectivity index (χ2n) is 7.20. The Hall–Kier alpha value is -4.05. The Balaban J connectivity index is 2.11. The van der Waals surface area contributed by atoms with Crippen molar-refractivity contribution in [2.45, 2.75) is 19.8 Å². The molecule has 4 heterocycles. The molecule has 0 radical (unpaired) electrons. The summed E-state index contributed by atoms with van der Waals surface area (Å²) in [4.78, 5) is 47.7. The first-order chi connectivity index (χ1) is 16.5. The van der Waals surface area contributed by atoms with Crippen molar-refractivity contribution >= 4 is 40.7 Å². The summed E-state index contributed by atoms with van der Waals surface area (Å²) in [7, 11) is 0. The van der Waals surface area contributed by atoms with Crippen LogP contribution in [0.15, 0.2) is 59.4 Å². The van der Waals surface area contributed by atoms with Gasteiger partial charge in [0.1, 0.15) is 10.5 Å². The third kappa shape index (κ3) is 4.15. The Morgan fingerprint density at radius 1 is 1.00 bits per heavy atom. The molecule has 0 unspecified atom stereocenters. The van der Waals surface area contributed by atoms with Gasteiger partial charge in [0.25, 0.3) is 5.56 Å². The van der Waals surface area contributed by atoms with Gasteiger partial charge in [-0.05, 0) is 55.3 Å². The molecule has 4 rings (SSSR count). The Bertz CT molecular complexity index is 1440. The first-order valence-corrected chi connectivity index (χ1v) is 11.4. The number of aromatic nitrogens is 3. The van der Waals surface area contributed by atoms with Gasteiger partial charge in [0, 0.05) is 24.8 Å². The van der Waals surface area contributed by atoms with Crippen LogP contribution in [-0.4, -0.2) is 39.7 Å². The van der Waals surface area contributed by atoms with Gasteiger partial charge in [-0.1, -0.05) is 0 Å². The van der Waals surface area contributed by atoms with E-state index in [1.165, 1.54) is 4.57 Å². The molecule has 34 heavy (non-hydrogen) atoms. The summed E-state index contributed by atoms with van der Waals surface area (Å²) < 4.78 is 12.4. The number of carbonyl (C=O) groups is 2. The van der Waals surface area contributed by atoms with E-state index < -0.39 is 23.4 Å². The van der Waals surface area contributed by atoms with Crippen LogP contribution in [0.5, 0.6) is 0 Å². The minimum atomic E-state index is -0.895. The predicted octanol–water partition coefficient (Wildman–Crippen LogP) is 0.730. The molecule has 1 aliphatic heterocycles. The maximum absolute atomic E-state index is 13.4. The molecule has 0 bridgehead atoms. The van der Waals surface area contributed by atoms with Crippen LogP contribution in [-0.2, 0) is 19.1 Å². The average molecular weight is 479 g/mol. The molecule has 3 aromatic heterocycles. The monoisotopic (exact) mass is 478 g/mol. The van der Waals surface area contributed by atoms with E-state index in [0.717, 1.165) is 16.9 Å². The number of rotatable bonds is 6. The van der Waals surface area contributed by atoms with Crippen LogP contribution >= 0.6 is 11.3 Å². The lowest BCUT2D eigenvalue weighted by atomic mass is 9.83. The van der Waals surface area contributed by atoms with Gasteiger partial charge in [-0.3, -0.25) is 19.3 Å². The molecule has 174 valence electrons. The number of hydrogen-bond donors (Lipinski definition) is 1. The van der Waals surface area contributed by atoms with Crippen molar-refractivity contribution in [1.29, 1.82) is 0 Å². The minimum absolute atomic E-state index is 0.000959. The van der Waals surface area contributed by atoms with E-state index in [-0.39, 0.29) is 30.2 Å². The summed E-state index contributed by atoms with van der Waals surface area (Å²) in [6.07, 6.45) is 8.01. The van der Waals surface area contributed by atoms with Crippen molar-refractivity contribution in [2.75, 3.05) is 13.2 Å². The van der Waals surface area contributed by atoms with Crippen LogP contribution in [0.2, 0.25) is 0 Å². The Morgan fingerprint density at radius 2 is 1.56 bits per heavy atom. The van der Waals surface area contributed by atoms with E-state index in [9.17, 15) is 14.4 Å². The number of carbonyl (C=O) groups excluding carboxylic acids is 2. The fourth-order valence-electron chi connectivity index (χ4n) is 3.76. The fourth-order valence-corrected chi connectivity index (χ4v) is 4.93. The molecule has 10 heteroatoms. The number of ether oxygens (including phenoxy) is 2. The largest absolute Gasteiger partial charge is 0.463 e. The first kappa shape index (κ1) is 23.1. The van der Waals surface area contributed by atoms with E-state index >= 15 is 0 Å². The van der Waals surface area contributed by atoms with Crippen LogP contribution in [0, 0.1) is 0 Å². The van der Waals surface area contributed by atoms with E-state index in [1.54, 1.807) is 69.0 Å². The van der Waals surface area contributed by atoms with Gasteiger partial charge >= 0.3 is 11.9 Å². The standard InChI is InChI=1S/C24H22N4O5S/c1-3-32-23(30)18-17(15-7-11-27-12-8-15)19(24(31)33-4-2)22-28(20(18)25)21(29)16(34-22)13-14-5-9-26-10-6-14/h5-13,17H,3-4,25H2,1-2H3/b16-13-/t17-/m1/s1. The molecule has 0 spiro atoms. The van der Waals surface area contributed by atoms with E-state index in [2.05, 4.69) is 9.97 Å². The van der Waals surface area contributed by atoms with Crippen molar-refractivity contribution in [3.8, 4) is 0 Å². The molecular formula is C24H22N4O5S. The number of esters is 2. The van der Waals surface area contributed by atoms with Crippen LogP contribution in [0.25, 0.3) is 17.5 Å². The van der Waals surface area contributed by atoms with Gasteiger partial charge in [0.15, 0.2) is 0 Å². The summed E-state index contributed by atoms with van der Waals surface area (Å²) in [5.41, 5.74) is 7.47. The van der Waals surface area contributed by atoms with Gasteiger partial charge in [-0.25, -0.2) is 9.59 Å². The zero-order valence-corrected chi connectivity index (χ0v) is 19.4. The lowest BCUT2D eigenvalue weighted by molar-refractivity contribution is -0.138. The zero-order valence-electron chi connectivity index (χ0n) is 18.6. The summed E-state index contributed by atoms with van der Waals surface area (Å²) in [6, 6.07) is 6.87. The highest BCUT2D eigenvalue weighted by Crippen LogP contribution is 2.37. The third-order valence-corrected chi connectivity index (χ3v) is 6.29. The quantitative estimate of drug-likeness (QED) is 0.514. The number of nitrogens with two attached hydrogens (primary N) is 1. The number of pyridine rings is 2. The van der Waals surface area contributed by atoms with Crippen LogP contribution in [0.4, 0.5) is 0 Å². The lowest BCUT2D eigenvalue weighted by Crippen LogP contribution is -2.42. The Morgan fingerprint density at radius 3 is 2.15 bits per heavy atom. The fraction of sp³-hybridized carbons (Fsp3) is 0.208. The van der Waals surface area contributed by atoms with Gasteiger partial charge < -0.3 is 15.2 Å². The summed E-state index contributed by atoms with van der Waals surface area (Å²) in [5.74, 6) is -2.34. The zero-order chi connectivity index (χ0) is 24.2. The third-order valence-electron chi connectivity index (χ3n) is 5.18. The van der Waals surface area contributed by atoms with Crippen molar-refractivity contribution in [3.05, 3.63) is 85.3 Å². The molecule has 9 nitrogen and oxygen atoms in total. The summed E-state index contributed by atoms with van der Waals surface area (Å²) >= 11 is 1.10. The van der Waals surface area contributed by atoms with Gasteiger partial charge in [0.2, 0.25) is 0 Å². The molecule has 0 amide bonds. The molecule has 1 atom stereocenters. The minimum Gasteiger partial charge on any atom is -0.463 e. The van der Waals surface area contributed by atoms with Gasteiger partial charge in [-0.2, -0.15) is 0 Å². The van der Waals surface area contributed by atoms with Crippen LogP contribution in [0.3, 0.4) is 0 Å². The molecular weight excluding hydrogens is 456 g/mol. The van der Waals surface area contributed by atoms with Crippen molar-refractivity contribution < 1.29 is 19.1 Å². The molecule has 2 N–H and O–H groups in total. The molecule has 0 fully saturated rings. The first-order valence-electron chi connectivity index (χ1n) is 10.6. The number of fused-ring (bicyclic) bond motifs is 1. The lowest BCUT2D eigenvalue weighted by Gasteiger charge is -2.26. The highest BCUT2D eigenvalue weighted by molar-refractivity contribution is 7.07. The average Bonchev–Trinajstić information content (AvgIpc) is 3.16. The Labute approximate surface area is 198 Å². The molecule has 0 saturated heterocycles. The van der Waals surface area contributed by atoms with Gasteiger partial charge in [0.05, 0.1) is 34.8 Å². The molecule has 0 saturated carbocycles. The topological polar surface area (TPSA) is 126 Å². The number of thiazole rings is 1. The number of nitrogens with zero attached hydrogens (tertiary/aromatic N) is 3. The summed E-state index contributed by atoms with van der Waals surface area (Å²) in [5, 5.41) is 0. The number of hydrogen-bond acceptors (Lipinski definition) is 9. The molecule has 1 aliphatic rings. The molecule has 0 aliphatic carbocycles. The van der Waals surface area contributed by atoms with Crippen molar-refractivity contribution in [1.82, 2.24) is 14.5 Å². The van der Waals surface area contributed by atoms with E-state index in [4.69, 9.17) is 15.2 Å². The molecule has 0 aromatic carbocycles. The SMILES string of the molecule is CCOC(=O)C1=C(N)n2c(s/c(=C\c3ccncc3)c2=O)=C(C(=O)OCC)[C@@H]1c1ccncc1. The second-order valence-corrected chi connectivity index (χ2v) is 8.23. The summed E-state index contributed by atoms with van der Waals surface area (Å²) in [6.45, 7) is 3.56. The van der Waals surface area contributed by atoms with Gasteiger partial charge in [-0.15, -0.1) is 11.3 Å². The van der Waals surface area contributed by atoms with Crippen molar-refractivity contribution in [2.24, 2.45) is 5.73 Å².